The van der Waals surface area contributed by atoms with E-state index in [-0.39, 0.29) is 0 Å². The Morgan fingerprint density at radius 1 is 1.43 bits per heavy atom. The summed E-state index contributed by atoms with van der Waals surface area (Å²) in [6.07, 6.45) is 4.20. The summed E-state index contributed by atoms with van der Waals surface area (Å²) in [7, 11) is 0. The molecule has 0 atom stereocenters. The Hall–Kier alpha value is -0.950. The highest BCUT2D eigenvalue weighted by molar-refractivity contribution is 6.30. The van der Waals surface area contributed by atoms with Crippen LogP contribution in [0.3, 0.4) is 0 Å². The molecule has 0 bridgehead atoms. The first-order valence-electron chi connectivity index (χ1n) is 4.93. The van der Waals surface area contributed by atoms with E-state index in [0.29, 0.717) is 0 Å². The molecule has 1 aromatic carbocycles. The van der Waals surface area contributed by atoms with Gasteiger partial charge < -0.3 is 5.73 Å². The number of allylic oxidation sites excluding steroid dienone is 2. The van der Waals surface area contributed by atoms with E-state index in [0.717, 1.165) is 29.1 Å². The van der Waals surface area contributed by atoms with Crippen LogP contribution in [0.15, 0.2) is 24.3 Å². The van der Waals surface area contributed by atoms with Gasteiger partial charge in [0.2, 0.25) is 0 Å². The van der Waals surface area contributed by atoms with Gasteiger partial charge in [0.1, 0.15) is 0 Å². The second kappa shape index (κ2) is 5.06. The van der Waals surface area contributed by atoms with Crippen molar-refractivity contribution in [2.24, 2.45) is 0 Å². The molecule has 0 aliphatic rings. The molecule has 0 fully saturated rings. The van der Waals surface area contributed by atoms with Gasteiger partial charge in [-0.05, 0) is 36.6 Å². The zero-order valence-electron chi connectivity index (χ0n) is 8.68. The summed E-state index contributed by atoms with van der Waals surface area (Å²) in [6, 6.07) is 5.61. The van der Waals surface area contributed by atoms with Gasteiger partial charge in [0.25, 0.3) is 0 Å². The SMILES string of the molecule is CC/C=C(\CC)c1cc(Cl)ccc1N. The van der Waals surface area contributed by atoms with Crippen LogP contribution in [0.1, 0.15) is 32.3 Å². The van der Waals surface area contributed by atoms with Gasteiger partial charge in [-0.2, -0.15) is 0 Å². The highest BCUT2D eigenvalue weighted by Gasteiger charge is 2.03. The molecule has 0 unspecified atom stereocenters. The number of nitrogen functional groups attached to an aromatic ring is 1. The molecule has 0 aromatic heterocycles. The van der Waals surface area contributed by atoms with Gasteiger partial charge in [0, 0.05) is 16.3 Å². The first-order chi connectivity index (χ1) is 6.69. The van der Waals surface area contributed by atoms with E-state index in [4.69, 9.17) is 17.3 Å². The number of hydrogen-bond donors (Lipinski definition) is 1. The molecule has 14 heavy (non-hydrogen) atoms. The maximum atomic E-state index is 5.94. The standard InChI is InChI=1S/C12H16ClN/c1-3-5-9(4-2)11-8-10(13)6-7-12(11)14/h5-8H,3-4,14H2,1-2H3/b9-5+. The summed E-state index contributed by atoms with van der Waals surface area (Å²) in [5, 5.41) is 0.740. The summed E-state index contributed by atoms with van der Waals surface area (Å²) >= 11 is 5.94. The van der Waals surface area contributed by atoms with Crippen molar-refractivity contribution in [3.8, 4) is 0 Å². The smallest absolute Gasteiger partial charge is 0.0413 e. The van der Waals surface area contributed by atoms with Crippen LogP contribution in [0.2, 0.25) is 5.02 Å². The van der Waals surface area contributed by atoms with E-state index in [2.05, 4.69) is 19.9 Å². The molecule has 2 N–H and O–H groups in total. The van der Waals surface area contributed by atoms with Gasteiger partial charge in [-0.15, -0.1) is 0 Å². The summed E-state index contributed by atoms with van der Waals surface area (Å²) in [5.74, 6) is 0. The van der Waals surface area contributed by atoms with Gasteiger partial charge in [-0.25, -0.2) is 0 Å². The third-order valence-electron chi connectivity index (χ3n) is 2.19. The summed E-state index contributed by atoms with van der Waals surface area (Å²) in [6.45, 7) is 4.25. The topological polar surface area (TPSA) is 26.0 Å². The second-order valence-electron chi connectivity index (χ2n) is 3.22. The van der Waals surface area contributed by atoms with Gasteiger partial charge in [0.05, 0.1) is 0 Å². The van der Waals surface area contributed by atoms with Crippen LogP contribution in [0.5, 0.6) is 0 Å². The average molecular weight is 210 g/mol. The Morgan fingerprint density at radius 3 is 2.71 bits per heavy atom. The lowest BCUT2D eigenvalue weighted by molar-refractivity contribution is 1.17. The maximum absolute atomic E-state index is 5.94. The van der Waals surface area contributed by atoms with E-state index in [1.807, 2.05) is 18.2 Å². The van der Waals surface area contributed by atoms with Crippen LogP contribution in [0, 0.1) is 0 Å². The number of rotatable bonds is 3. The normalized spacial score (nSPS) is 11.8. The summed E-state index contributed by atoms with van der Waals surface area (Å²) in [5.41, 5.74) is 9.04. The first-order valence-corrected chi connectivity index (χ1v) is 5.31. The molecule has 0 heterocycles. The van der Waals surface area contributed by atoms with Crippen molar-refractivity contribution in [2.75, 3.05) is 5.73 Å². The zero-order chi connectivity index (χ0) is 10.6. The molecule has 1 nitrogen and oxygen atoms in total. The lowest BCUT2D eigenvalue weighted by atomic mass is 10.0. The van der Waals surface area contributed by atoms with E-state index in [9.17, 15) is 0 Å². The number of hydrogen-bond acceptors (Lipinski definition) is 1. The monoisotopic (exact) mass is 209 g/mol. The van der Waals surface area contributed by atoms with Crippen LogP contribution in [-0.2, 0) is 0 Å². The van der Waals surface area contributed by atoms with E-state index < -0.39 is 0 Å². The van der Waals surface area contributed by atoms with Crippen molar-refractivity contribution in [3.05, 3.63) is 34.9 Å². The number of halogens is 1. The Bertz CT molecular complexity index is 342. The maximum Gasteiger partial charge on any atom is 0.0413 e. The summed E-state index contributed by atoms with van der Waals surface area (Å²) < 4.78 is 0. The minimum Gasteiger partial charge on any atom is -0.398 e. The quantitative estimate of drug-likeness (QED) is 0.745. The molecule has 1 rings (SSSR count). The third-order valence-corrected chi connectivity index (χ3v) is 2.43. The third kappa shape index (κ3) is 2.52. The Balaban J connectivity index is 3.15. The molecule has 0 spiro atoms. The molecule has 0 aliphatic carbocycles. The average Bonchev–Trinajstić information content (AvgIpc) is 2.18. The van der Waals surface area contributed by atoms with Crippen LogP contribution in [0.25, 0.3) is 5.57 Å². The Labute approximate surface area is 90.6 Å². The van der Waals surface area contributed by atoms with E-state index in [1.165, 1.54) is 5.57 Å². The molecule has 2 heteroatoms. The summed E-state index contributed by atoms with van der Waals surface area (Å²) in [4.78, 5) is 0. The van der Waals surface area contributed by atoms with Crippen molar-refractivity contribution in [1.29, 1.82) is 0 Å². The molecule has 76 valence electrons. The predicted molar refractivity (Wildman–Crippen MR) is 64.4 cm³/mol. The fraction of sp³-hybridized carbons (Fsp3) is 0.333. The zero-order valence-corrected chi connectivity index (χ0v) is 9.43. The van der Waals surface area contributed by atoms with E-state index >= 15 is 0 Å². The first kappa shape index (κ1) is 11.1. The largest absolute Gasteiger partial charge is 0.398 e. The van der Waals surface area contributed by atoms with Crippen molar-refractivity contribution in [1.82, 2.24) is 0 Å². The van der Waals surface area contributed by atoms with Crippen LogP contribution in [0.4, 0.5) is 5.69 Å². The van der Waals surface area contributed by atoms with Crippen LogP contribution in [-0.4, -0.2) is 0 Å². The van der Waals surface area contributed by atoms with Crippen molar-refractivity contribution in [2.45, 2.75) is 26.7 Å². The lowest BCUT2D eigenvalue weighted by Crippen LogP contribution is -1.93. The molecule has 1 aromatic rings. The van der Waals surface area contributed by atoms with Crippen LogP contribution < -0.4 is 5.73 Å². The highest BCUT2D eigenvalue weighted by Crippen LogP contribution is 2.27. The minimum absolute atomic E-state index is 0.740. The Morgan fingerprint density at radius 2 is 2.14 bits per heavy atom. The van der Waals surface area contributed by atoms with Gasteiger partial charge in [-0.3, -0.25) is 0 Å². The van der Waals surface area contributed by atoms with Crippen molar-refractivity contribution in [3.63, 3.8) is 0 Å². The molecular weight excluding hydrogens is 194 g/mol. The highest BCUT2D eigenvalue weighted by atomic mass is 35.5. The number of benzene rings is 1. The van der Waals surface area contributed by atoms with Gasteiger partial charge in [-0.1, -0.05) is 31.5 Å². The van der Waals surface area contributed by atoms with Gasteiger partial charge >= 0.3 is 0 Å². The van der Waals surface area contributed by atoms with E-state index in [1.54, 1.807) is 0 Å². The predicted octanol–water partition coefficient (Wildman–Crippen LogP) is 4.13. The Kier molecular flexibility index (Phi) is 4.02. The van der Waals surface area contributed by atoms with Crippen molar-refractivity contribution < 1.29 is 0 Å². The minimum atomic E-state index is 0.740. The van der Waals surface area contributed by atoms with Crippen molar-refractivity contribution >= 4 is 22.9 Å². The molecule has 0 aliphatic heterocycles. The lowest BCUT2D eigenvalue weighted by Gasteiger charge is -2.08. The molecule has 0 saturated heterocycles. The van der Waals surface area contributed by atoms with Gasteiger partial charge in [0.15, 0.2) is 0 Å². The number of nitrogens with two attached hydrogens (primary N) is 1. The fourth-order valence-corrected chi connectivity index (χ4v) is 1.67. The molecule has 0 saturated carbocycles. The second-order valence-corrected chi connectivity index (χ2v) is 3.66. The van der Waals surface area contributed by atoms with Crippen LogP contribution >= 0.6 is 11.6 Å². The molecule has 0 radical (unpaired) electrons. The fourth-order valence-electron chi connectivity index (χ4n) is 1.50. The number of anilines is 1. The molecular formula is C12H16ClN. The molecule has 0 amide bonds.